The lowest BCUT2D eigenvalue weighted by Gasteiger charge is -2.47. The highest BCUT2D eigenvalue weighted by Gasteiger charge is 2.45. The lowest BCUT2D eigenvalue weighted by atomic mass is 9.86. The number of aliphatic hydroxyl groups is 2. The van der Waals surface area contributed by atoms with Crippen LogP contribution in [0.25, 0.3) is 0 Å². The molecule has 0 aliphatic carbocycles. The van der Waals surface area contributed by atoms with Gasteiger partial charge in [-0.1, -0.05) is 60.7 Å². The molecule has 36 heavy (non-hydrogen) atoms. The SMILES string of the molecule is OCC(CCC1(O)OCCN(Cc2ccccc2)C1c1ccc(F)cc1)c1cccc(C(F)(F)F)c1. The van der Waals surface area contributed by atoms with Gasteiger partial charge in [0.1, 0.15) is 5.82 Å². The number of benzene rings is 3. The summed E-state index contributed by atoms with van der Waals surface area (Å²) in [6, 6.07) is 19.8. The van der Waals surface area contributed by atoms with Gasteiger partial charge in [-0.05, 0) is 41.3 Å². The van der Waals surface area contributed by atoms with E-state index in [9.17, 15) is 27.8 Å². The van der Waals surface area contributed by atoms with Gasteiger partial charge in [0.05, 0.1) is 18.2 Å². The summed E-state index contributed by atoms with van der Waals surface area (Å²) in [5, 5.41) is 21.7. The van der Waals surface area contributed by atoms with Crippen molar-refractivity contribution in [2.45, 2.75) is 43.3 Å². The van der Waals surface area contributed by atoms with E-state index >= 15 is 0 Å². The Morgan fingerprint density at radius 2 is 1.72 bits per heavy atom. The lowest BCUT2D eigenvalue weighted by Crippen LogP contribution is -2.54. The zero-order chi connectivity index (χ0) is 25.8. The number of morpholine rings is 1. The maximum absolute atomic E-state index is 13.7. The van der Waals surface area contributed by atoms with Crippen LogP contribution in [0, 0.1) is 5.82 Å². The Kier molecular flexibility index (Phi) is 8.10. The van der Waals surface area contributed by atoms with E-state index in [2.05, 4.69) is 4.90 Å². The maximum Gasteiger partial charge on any atom is 0.416 e. The van der Waals surface area contributed by atoms with Crippen molar-refractivity contribution in [2.24, 2.45) is 0 Å². The minimum Gasteiger partial charge on any atom is -0.396 e. The highest BCUT2D eigenvalue weighted by Crippen LogP contribution is 2.42. The molecular formula is C28H29F4NO3. The third-order valence-corrected chi connectivity index (χ3v) is 6.69. The van der Waals surface area contributed by atoms with E-state index in [4.69, 9.17) is 4.74 Å². The van der Waals surface area contributed by atoms with Crippen molar-refractivity contribution in [3.8, 4) is 0 Å². The minimum atomic E-state index is -4.49. The summed E-state index contributed by atoms with van der Waals surface area (Å²) in [4.78, 5) is 2.06. The van der Waals surface area contributed by atoms with Crippen LogP contribution in [0.3, 0.4) is 0 Å². The predicted molar refractivity (Wildman–Crippen MR) is 127 cm³/mol. The van der Waals surface area contributed by atoms with Gasteiger partial charge in [0.25, 0.3) is 0 Å². The molecule has 0 amide bonds. The summed E-state index contributed by atoms with van der Waals surface area (Å²) < 4.78 is 59.2. The fourth-order valence-electron chi connectivity index (χ4n) is 4.86. The number of alkyl halides is 3. The molecule has 3 aromatic carbocycles. The Labute approximate surface area is 207 Å². The van der Waals surface area contributed by atoms with Gasteiger partial charge in [-0.25, -0.2) is 4.39 Å². The number of ether oxygens (including phenoxy) is 1. The van der Waals surface area contributed by atoms with Gasteiger partial charge in [-0.15, -0.1) is 0 Å². The van der Waals surface area contributed by atoms with Crippen LogP contribution in [0.1, 0.15) is 47.1 Å². The van der Waals surface area contributed by atoms with Gasteiger partial charge >= 0.3 is 6.18 Å². The Morgan fingerprint density at radius 3 is 2.39 bits per heavy atom. The minimum absolute atomic E-state index is 0.0573. The van der Waals surface area contributed by atoms with Crippen LogP contribution in [0.4, 0.5) is 17.6 Å². The first-order valence-electron chi connectivity index (χ1n) is 11.9. The molecule has 3 aromatic rings. The molecule has 1 fully saturated rings. The quantitative estimate of drug-likeness (QED) is 0.390. The molecule has 1 saturated heterocycles. The normalized spacial score (nSPS) is 21.9. The summed E-state index contributed by atoms with van der Waals surface area (Å²) >= 11 is 0. The third kappa shape index (κ3) is 6.13. The first kappa shape index (κ1) is 26.3. The molecule has 3 atom stereocenters. The second-order valence-corrected chi connectivity index (χ2v) is 9.14. The molecule has 2 N–H and O–H groups in total. The van der Waals surface area contributed by atoms with Crippen molar-refractivity contribution in [3.63, 3.8) is 0 Å². The summed E-state index contributed by atoms with van der Waals surface area (Å²) in [6.07, 6.45) is -4.25. The summed E-state index contributed by atoms with van der Waals surface area (Å²) in [6.45, 7) is 0.905. The molecule has 1 heterocycles. The average molecular weight is 504 g/mol. The molecule has 1 aliphatic heterocycles. The van der Waals surface area contributed by atoms with Gasteiger partial charge in [0.2, 0.25) is 0 Å². The van der Waals surface area contributed by atoms with Crippen molar-refractivity contribution < 1.29 is 32.5 Å². The Bertz CT molecular complexity index is 1120. The number of rotatable bonds is 8. The van der Waals surface area contributed by atoms with Crippen molar-refractivity contribution in [1.29, 1.82) is 0 Å². The second kappa shape index (κ2) is 11.1. The largest absolute Gasteiger partial charge is 0.416 e. The fourth-order valence-corrected chi connectivity index (χ4v) is 4.86. The predicted octanol–water partition coefficient (Wildman–Crippen LogP) is 5.66. The molecule has 0 saturated carbocycles. The van der Waals surface area contributed by atoms with E-state index in [0.717, 1.165) is 17.7 Å². The van der Waals surface area contributed by atoms with Crippen LogP contribution < -0.4 is 0 Å². The Balaban J connectivity index is 1.60. The number of halogens is 4. The van der Waals surface area contributed by atoms with E-state index in [0.29, 0.717) is 24.2 Å². The van der Waals surface area contributed by atoms with Gasteiger partial charge in [-0.2, -0.15) is 13.2 Å². The van der Waals surface area contributed by atoms with Crippen molar-refractivity contribution >= 4 is 0 Å². The molecule has 0 bridgehead atoms. The molecule has 3 unspecified atom stereocenters. The maximum atomic E-state index is 13.7. The zero-order valence-electron chi connectivity index (χ0n) is 19.7. The topological polar surface area (TPSA) is 52.9 Å². The molecule has 192 valence electrons. The van der Waals surface area contributed by atoms with Gasteiger partial charge in [0.15, 0.2) is 5.79 Å². The lowest BCUT2D eigenvalue weighted by molar-refractivity contribution is -0.277. The van der Waals surface area contributed by atoms with E-state index in [1.54, 1.807) is 18.2 Å². The average Bonchev–Trinajstić information content (AvgIpc) is 2.86. The number of aliphatic hydroxyl groups excluding tert-OH is 1. The fraction of sp³-hybridized carbons (Fsp3) is 0.357. The first-order chi connectivity index (χ1) is 17.2. The molecular weight excluding hydrogens is 474 g/mol. The van der Waals surface area contributed by atoms with Gasteiger partial charge in [0, 0.05) is 32.0 Å². The number of hydrogen-bond donors (Lipinski definition) is 2. The number of hydrogen-bond acceptors (Lipinski definition) is 4. The second-order valence-electron chi connectivity index (χ2n) is 9.14. The van der Waals surface area contributed by atoms with E-state index in [1.165, 1.54) is 18.2 Å². The van der Waals surface area contributed by atoms with Gasteiger partial charge < -0.3 is 14.9 Å². The zero-order valence-corrected chi connectivity index (χ0v) is 19.7. The highest BCUT2D eigenvalue weighted by atomic mass is 19.4. The summed E-state index contributed by atoms with van der Waals surface area (Å²) in [5.41, 5.74) is 1.25. The van der Waals surface area contributed by atoms with Crippen molar-refractivity contribution in [1.82, 2.24) is 4.90 Å². The smallest absolute Gasteiger partial charge is 0.396 e. The van der Waals surface area contributed by atoms with Crippen LogP contribution in [-0.2, 0) is 17.5 Å². The van der Waals surface area contributed by atoms with Crippen LogP contribution in [-0.4, -0.2) is 40.7 Å². The third-order valence-electron chi connectivity index (χ3n) is 6.69. The molecule has 0 aromatic heterocycles. The van der Waals surface area contributed by atoms with E-state index < -0.39 is 35.3 Å². The van der Waals surface area contributed by atoms with Crippen molar-refractivity contribution in [3.05, 3.63) is 107 Å². The van der Waals surface area contributed by atoms with Crippen LogP contribution in [0.2, 0.25) is 0 Å². The highest BCUT2D eigenvalue weighted by molar-refractivity contribution is 5.29. The Hall–Kier alpha value is -2.78. The molecule has 0 spiro atoms. The molecule has 8 heteroatoms. The standard InChI is InChI=1S/C28H29F4NO3/c29-25-11-9-21(10-12-25)26-27(35,36-16-15-33(26)18-20-5-2-1-3-6-20)14-13-23(19-34)22-7-4-8-24(17-22)28(30,31)32/h1-12,17,23,26,34-35H,13-16,18-19H2. The monoisotopic (exact) mass is 503 g/mol. The van der Waals surface area contributed by atoms with E-state index in [1.807, 2.05) is 30.3 Å². The van der Waals surface area contributed by atoms with Crippen molar-refractivity contribution in [2.75, 3.05) is 19.8 Å². The van der Waals surface area contributed by atoms with Crippen LogP contribution in [0.15, 0.2) is 78.9 Å². The van der Waals surface area contributed by atoms with E-state index in [-0.39, 0.29) is 26.1 Å². The molecule has 4 rings (SSSR count). The van der Waals surface area contributed by atoms with Crippen LogP contribution >= 0.6 is 0 Å². The Morgan fingerprint density at radius 1 is 1.00 bits per heavy atom. The summed E-state index contributed by atoms with van der Waals surface area (Å²) in [7, 11) is 0. The molecule has 4 nitrogen and oxygen atoms in total. The summed E-state index contributed by atoms with van der Waals surface area (Å²) in [5.74, 6) is -2.73. The molecule has 0 radical (unpaired) electrons. The number of nitrogens with zero attached hydrogens (tertiary/aromatic N) is 1. The van der Waals surface area contributed by atoms with Gasteiger partial charge in [-0.3, -0.25) is 4.90 Å². The molecule has 1 aliphatic rings. The van der Waals surface area contributed by atoms with Crippen LogP contribution in [0.5, 0.6) is 0 Å². The first-order valence-corrected chi connectivity index (χ1v) is 11.9.